The molecule has 0 spiro atoms. The number of amides is 1. The van der Waals surface area contributed by atoms with Crippen molar-refractivity contribution in [1.29, 1.82) is 0 Å². The van der Waals surface area contributed by atoms with E-state index in [4.69, 9.17) is 4.74 Å². The van der Waals surface area contributed by atoms with Gasteiger partial charge < -0.3 is 10.1 Å². The van der Waals surface area contributed by atoms with Crippen LogP contribution >= 0.6 is 0 Å². The van der Waals surface area contributed by atoms with Crippen LogP contribution in [0.5, 0.6) is 5.75 Å². The molecule has 2 aromatic rings. The van der Waals surface area contributed by atoms with Gasteiger partial charge in [0, 0.05) is 0 Å². The monoisotopic (exact) mass is 351 g/mol. The normalized spacial score (nSPS) is 15.7. The third kappa shape index (κ3) is 4.46. The highest BCUT2D eigenvalue weighted by Crippen LogP contribution is 2.25. The summed E-state index contributed by atoms with van der Waals surface area (Å²) in [6, 6.07) is 14.5. The van der Waals surface area contributed by atoms with Gasteiger partial charge in [-0.1, -0.05) is 37.3 Å². The van der Waals surface area contributed by atoms with Gasteiger partial charge in [0.2, 0.25) is 0 Å². The third-order valence-corrected chi connectivity index (χ3v) is 5.16. The van der Waals surface area contributed by atoms with Crippen molar-refractivity contribution in [3.8, 4) is 5.75 Å². The number of fused-ring (bicyclic) bond motifs is 1. The molecule has 3 rings (SSSR count). The zero-order valence-electron chi connectivity index (χ0n) is 16.0. The quantitative estimate of drug-likeness (QED) is 0.803. The number of aryl methyl sites for hydroxylation is 3. The zero-order valence-corrected chi connectivity index (χ0v) is 16.0. The molecule has 0 radical (unpaired) electrons. The van der Waals surface area contributed by atoms with E-state index in [2.05, 4.69) is 23.5 Å². The minimum absolute atomic E-state index is 0.0233. The molecule has 0 fully saturated rings. The zero-order chi connectivity index (χ0) is 18.5. The number of hydrogen-bond acceptors (Lipinski definition) is 2. The Balaban J connectivity index is 1.65. The number of rotatable bonds is 6. The van der Waals surface area contributed by atoms with Crippen molar-refractivity contribution in [2.45, 2.75) is 65.0 Å². The van der Waals surface area contributed by atoms with Gasteiger partial charge in [0.05, 0.1) is 6.04 Å². The molecule has 1 N–H and O–H groups in total. The van der Waals surface area contributed by atoms with Crippen molar-refractivity contribution in [1.82, 2.24) is 5.32 Å². The van der Waals surface area contributed by atoms with Crippen LogP contribution in [-0.4, -0.2) is 12.0 Å². The largest absolute Gasteiger partial charge is 0.481 e. The third-order valence-electron chi connectivity index (χ3n) is 5.16. The second-order valence-electron chi connectivity index (χ2n) is 7.30. The maximum Gasteiger partial charge on any atom is 0.261 e. The molecule has 138 valence electrons. The van der Waals surface area contributed by atoms with Crippen LogP contribution in [0.1, 0.15) is 61.4 Å². The standard InChI is InChI=1S/C23H29NO2/c1-4-22(26-21-11-7-8-16(2)14-21)23(25)24-17(3)19-13-12-18-9-5-6-10-20(18)15-19/h7-8,11-15,17,22H,4-6,9-10H2,1-3H3,(H,24,25)/t17-,22+/m0/s1. The van der Waals surface area contributed by atoms with E-state index in [-0.39, 0.29) is 11.9 Å². The minimum atomic E-state index is -0.475. The van der Waals surface area contributed by atoms with Crippen LogP contribution in [0.25, 0.3) is 0 Å². The fraction of sp³-hybridized carbons (Fsp3) is 0.435. The van der Waals surface area contributed by atoms with Gasteiger partial charge in [-0.25, -0.2) is 0 Å². The molecule has 0 aromatic heterocycles. The van der Waals surface area contributed by atoms with Crippen LogP contribution in [0.15, 0.2) is 42.5 Å². The van der Waals surface area contributed by atoms with Crippen molar-refractivity contribution in [2.75, 3.05) is 0 Å². The molecule has 0 saturated heterocycles. The van der Waals surface area contributed by atoms with Crippen LogP contribution in [-0.2, 0) is 17.6 Å². The van der Waals surface area contributed by atoms with Crippen molar-refractivity contribution >= 4 is 5.91 Å². The molecule has 0 aliphatic heterocycles. The van der Waals surface area contributed by atoms with Crippen LogP contribution < -0.4 is 10.1 Å². The molecule has 26 heavy (non-hydrogen) atoms. The number of nitrogens with one attached hydrogen (secondary N) is 1. The molecule has 0 bridgehead atoms. The first-order valence-electron chi connectivity index (χ1n) is 9.72. The van der Waals surface area contributed by atoms with E-state index >= 15 is 0 Å². The summed E-state index contributed by atoms with van der Waals surface area (Å²) in [5, 5.41) is 3.12. The van der Waals surface area contributed by atoms with Crippen LogP contribution in [0, 0.1) is 6.92 Å². The fourth-order valence-electron chi connectivity index (χ4n) is 3.59. The molecule has 2 atom stereocenters. The van der Waals surface area contributed by atoms with E-state index in [9.17, 15) is 4.79 Å². The lowest BCUT2D eigenvalue weighted by Gasteiger charge is -2.23. The van der Waals surface area contributed by atoms with Crippen molar-refractivity contribution < 1.29 is 9.53 Å². The SMILES string of the molecule is CC[C@@H](Oc1cccc(C)c1)C(=O)N[C@@H](C)c1ccc2c(c1)CCCC2. The lowest BCUT2D eigenvalue weighted by molar-refractivity contribution is -0.128. The highest BCUT2D eigenvalue weighted by molar-refractivity contribution is 5.81. The second-order valence-corrected chi connectivity index (χ2v) is 7.30. The molecule has 3 heteroatoms. The van der Waals surface area contributed by atoms with Gasteiger partial charge in [-0.05, 0) is 80.3 Å². The molecule has 1 amide bonds. The second kappa shape index (κ2) is 8.39. The van der Waals surface area contributed by atoms with E-state index in [1.165, 1.54) is 36.0 Å². The van der Waals surface area contributed by atoms with Gasteiger partial charge in [-0.15, -0.1) is 0 Å². The maximum absolute atomic E-state index is 12.7. The Hall–Kier alpha value is -2.29. The number of ether oxygens (including phenoxy) is 1. The van der Waals surface area contributed by atoms with E-state index in [0.717, 1.165) is 17.7 Å². The summed E-state index contributed by atoms with van der Waals surface area (Å²) >= 11 is 0. The summed E-state index contributed by atoms with van der Waals surface area (Å²) in [7, 11) is 0. The molecular weight excluding hydrogens is 322 g/mol. The lowest BCUT2D eigenvalue weighted by Crippen LogP contribution is -2.39. The predicted octanol–water partition coefficient (Wildman–Crippen LogP) is 4.91. The summed E-state index contributed by atoms with van der Waals surface area (Å²) < 4.78 is 5.92. The molecule has 1 aliphatic carbocycles. The molecule has 0 saturated carbocycles. The summed E-state index contributed by atoms with van der Waals surface area (Å²) in [5.41, 5.74) is 5.20. The Labute approximate surface area is 156 Å². The van der Waals surface area contributed by atoms with Crippen molar-refractivity contribution in [3.05, 3.63) is 64.7 Å². The Morgan fingerprint density at radius 3 is 2.62 bits per heavy atom. The van der Waals surface area contributed by atoms with Crippen molar-refractivity contribution in [3.63, 3.8) is 0 Å². The summed E-state index contributed by atoms with van der Waals surface area (Å²) in [4.78, 5) is 12.7. The topological polar surface area (TPSA) is 38.3 Å². The van der Waals surface area contributed by atoms with Crippen LogP contribution in [0.3, 0.4) is 0 Å². The smallest absolute Gasteiger partial charge is 0.261 e. The number of carbonyl (C=O) groups is 1. The van der Waals surface area contributed by atoms with Crippen LogP contribution in [0.4, 0.5) is 0 Å². The van der Waals surface area contributed by atoms with Gasteiger partial charge in [0.1, 0.15) is 5.75 Å². The van der Waals surface area contributed by atoms with Crippen LogP contribution in [0.2, 0.25) is 0 Å². The van der Waals surface area contributed by atoms with Gasteiger partial charge in [0.15, 0.2) is 6.10 Å². The lowest BCUT2D eigenvalue weighted by atomic mass is 9.89. The molecule has 2 aromatic carbocycles. The summed E-state index contributed by atoms with van der Waals surface area (Å²) in [6.07, 6.45) is 5.04. The maximum atomic E-state index is 12.7. The first-order chi connectivity index (χ1) is 12.6. The molecule has 0 heterocycles. The Kier molecular flexibility index (Phi) is 5.97. The minimum Gasteiger partial charge on any atom is -0.481 e. The van der Waals surface area contributed by atoms with Gasteiger partial charge in [0.25, 0.3) is 5.91 Å². The summed E-state index contributed by atoms with van der Waals surface area (Å²) in [5.74, 6) is 0.688. The number of benzene rings is 2. The molecule has 1 aliphatic rings. The summed E-state index contributed by atoms with van der Waals surface area (Å²) in [6.45, 7) is 6.04. The fourth-order valence-corrected chi connectivity index (χ4v) is 3.59. The molecular formula is C23H29NO2. The van der Waals surface area contributed by atoms with E-state index in [1.807, 2.05) is 45.0 Å². The van der Waals surface area contributed by atoms with E-state index < -0.39 is 6.10 Å². The average molecular weight is 351 g/mol. The molecule has 0 unspecified atom stereocenters. The Morgan fingerprint density at radius 1 is 1.12 bits per heavy atom. The van der Waals surface area contributed by atoms with Gasteiger partial charge in [-0.2, -0.15) is 0 Å². The van der Waals surface area contributed by atoms with E-state index in [0.29, 0.717) is 6.42 Å². The Morgan fingerprint density at radius 2 is 1.88 bits per heavy atom. The predicted molar refractivity (Wildman–Crippen MR) is 106 cm³/mol. The Bertz CT molecular complexity index is 769. The van der Waals surface area contributed by atoms with E-state index in [1.54, 1.807) is 0 Å². The van der Waals surface area contributed by atoms with Crippen molar-refractivity contribution in [2.24, 2.45) is 0 Å². The molecule has 3 nitrogen and oxygen atoms in total. The number of hydrogen-bond donors (Lipinski definition) is 1. The number of carbonyl (C=O) groups excluding carboxylic acids is 1. The average Bonchev–Trinajstić information content (AvgIpc) is 2.65. The van der Waals surface area contributed by atoms with Gasteiger partial charge in [-0.3, -0.25) is 4.79 Å². The highest BCUT2D eigenvalue weighted by Gasteiger charge is 2.21. The highest BCUT2D eigenvalue weighted by atomic mass is 16.5. The first-order valence-corrected chi connectivity index (χ1v) is 9.72. The van der Waals surface area contributed by atoms with Gasteiger partial charge >= 0.3 is 0 Å². The first kappa shape index (κ1) is 18.5.